The van der Waals surface area contributed by atoms with Crippen LogP contribution in [0.3, 0.4) is 0 Å². The molecule has 5 heteroatoms. The van der Waals surface area contributed by atoms with Crippen LogP contribution in [0.15, 0.2) is 36.4 Å². The fourth-order valence-electron chi connectivity index (χ4n) is 4.96. The van der Waals surface area contributed by atoms with Gasteiger partial charge in [-0.25, -0.2) is 0 Å². The minimum atomic E-state index is -0.324. The predicted octanol–water partition coefficient (Wildman–Crippen LogP) is 3.04. The minimum Gasteiger partial charge on any atom is -0.497 e. The van der Waals surface area contributed by atoms with E-state index in [-0.39, 0.29) is 17.4 Å². The number of piperidine rings is 2. The van der Waals surface area contributed by atoms with Crippen molar-refractivity contribution in [3.8, 4) is 5.75 Å². The quantitative estimate of drug-likeness (QED) is 0.887. The third-order valence-electron chi connectivity index (χ3n) is 6.54. The summed E-state index contributed by atoms with van der Waals surface area (Å²) in [6.07, 6.45) is 2.42. The van der Waals surface area contributed by atoms with E-state index in [9.17, 15) is 9.90 Å². The number of methoxy groups -OCH3 is 1. The smallest absolute Gasteiger partial charge is 0.219 e. The van der Waals surface area contributed by atoms with E-state index in [1.165, 1.54) is 16.3 Å². The van der Waals surface area contributed by atoms with Crippen LogP contribution in [0, 0.1) is 5.41 Å². The molecular weight excluding hydrogens is 352 g/mol. The number of carbonyl (C=O) groups excluding carboxylic acids is 1. The van der Waals surface area contributed by atoms with Crippen LogP contribution >= 0.6 is 0 Å². The lowest BCUT2D eigenvalue weighted by molar-refractivity contribution is -0.139. The van der Waals surface area contributed by atoms with Crippen LogP contribution in [0.1, 0.15) is 31.7 Å². The second kappa shape index (κ2) is 7.72. The van der Waals surface area contributed by atoms with E-state index in [4.69, 9.17) is 4.74 Å². The van der Waals surface area contributed by atoms with Gasteiger partial charge in [-0.2, -0.15) is 0 Å². The first-order valence-corrected chi connectivity index (χ1v) is 10.2. The van der Waals surface area contributed by atoms with Crippen LogP contribution in [0.2, 0.25) is 0 Å². The molecule has 28 heavy (non-hydrogen) atoms. The molecule has 0 radical (unpaired) electrons. The molecule has 4 rings (SSSR count). The van der Waals surface area contributed by atoms with Gasteiger partial charge >= 0.3 is 0 Å². The number of hydrogen-bond acceptors (Lipinski definition) is 4. The van der Waals surface area contributed by atoms with Gasteiger partial charge in [0.2, 0.25) is 5.91 Å². The van der Waals surface area contributed by atoms with Crippen molar-refractivity contribution >= 4 is 16.7 Å². The fourth-order valence-corrected chi connectivity index (χ4v) is 4.96. The Morgan fingerprint density at radius 2 is 1.96 bits per heavy atom. The van der Waals surface area contributed by atoms with Crippen molar-refractivity contribution in [2.45, 2.75) is 38.8 Å². The van der Waals surface area contributed by atoms with Crippen LogP contribution in [0.5, 0.6) is 5.75 Å². The van der Waals surface area contributed by atoms with Gasteiger partial charge in [-0.05, 0) is 53.8 Å². The third kappa shape index (κ3) is 3.74. The van der Waals surface area contributed by atoms with E-state index < -0.39 is 0 Å². The zero-order valence-corrected chi connectivity index (χ0v) is 16.9. The van der Waals surface area contributed by atoms with Crippen molar-refractivity contribution in [1.29, 1.82) is 0 Å². The lowest BCUT2D eigenvalue weighted by Crippen LogP contribution is -2.59. The average molecular weight is 383 g/mol. The maximum atomic E-state index is 11.9. The Kier molecular flexibility index (Phi) is 5.30. The molecule has 2 heterocycles. The molecule has 0 aliphatic carbocycles. The normalized spacial score (nSPS) is 26.0. The van der Waals surface area contributed by atoms with Gasteiger partial charge in [0.25, 0.3) is 0 Å². The monoisotopic (exact) mass is 382 g/mol. The largest absolute Gasteiger partial charge is 0.497 e. The summed E-state index contributed by atoms with van der Waals surface area (Å²) in [4.78, 5) is 16.3. The fraction of sp³-hybridized carbons (Fsp3) is 0.522. The highest BCUT2D eigenvalue weighted by atomic mass is 16.5. The number of hydrogen-bond donors (Lipinski definition) is 1. The topological polar surface area (TPSA) is 53.0 Å². The van der Waals surface area contributed by atoms with Gasteiger partial charge in [0.1, 0.15) is 5.75 Å². The Morgan fingerprint density at radius 3 is 2.75 bits per heavy atom. The zero-order chi connectivity index (χ0) is 19.7. The maximum absolute atomic E-state index is 11.9. The molecule has 1 spiro atoms. The second-order valence-electron chi connectivity index (χ2n) is 8.47. The van der Waals surface area contributed by atoms with E-state index >= 15 is 0 Å². The predicted molar refractivity (Wildman–Crippen MR) is 110 cm³/mol. The summed E-state index contributed by atoms with van der Waals surface area (Å²) in [6, 6.07) is 12.7. The summed E-state index contributed by atoms with van der Waals surface area (Å²) >= 11 is 0. The van der Waals surface area contributed by atoms with Gasteiger partial charge in [0, 0.05) is 45.1 Å². The molecule has 0 bridgehead atoms. The highest BCUT2D eigenvalue weighted by molar-refractivity contribution is 5.84. The van der Waals surface area contributed by atoms with Crippen molar-refractivity contribution in [3.05, 3.63) is 42.0 Å². The number of aliphatic hydroxyl groups excluding tert-OH is 1. The first-order valence-electron chi connectivity index (χ1n) is 10.2. The molecule has 1 N–H and O–H groups in total. The summed E-state index contributed by atoms with van der Waals surface area (Å²) in [5.41, 5.74) is 1.09. The summed E-state index contributed by atoms with van der Waals surface area (Å²) in [5, 5.41) is 13.2. The Balaban J connectivity index is 1.50. The molecular formula is C23H30N2O3. The van der Waals surface area contributed by atoms with Crippen molar-refractivity contribution in [2.75, 3.05) is 33.3 Å². The molecule has 0 aromatic heterocycles. The van der Waals surface area contributed by atoms with E-state index in [0.717, 1.165) is 51.2 Å². The van der Waals surface area contributed by atoms with Crippen LogP contribution < -0.4 is 4.74 Å². The summed E-state index contributed by atoms with van der Waals surface area (Å²) in [6.45, 7) is 5.74. The highest BCUT2D eigenvalue weighted by Crippen LogP contribution is 2.39. The van der Waals surface area contributed by atoms with Crippen molar-refractivity contribution in [3.63, 3.8) is 0 Å². The van der Waals surface area contributed by atoms with E-state index in [0.29, 0.717) is 6.54 Å². The van der Waals surface area contributed by atoms with Gasteiger partial charge in [-0.3, -0.25) is 9.69 Å². The van der Waals surface area contributed by atoms with Crippen LogP contribution in [0.25, 0.3) is 10.8 Å². The molecule has 2 atom stereocenters. The number of benzene rings is 2. The molecule has 2 aromatic carbocycles. The Hall–Kier alpha value is -2.11. The molecule has 2 aliphatic rings. The number of amides is 1. The Morgan fingerprint density at radius 1 is 1.18 bits per heavy atom. The first kappa shape index (κ1) is 19.2. The van der Waals surface area contributed by atoms with Crippen LogP contribution in [-0.2, 0) is 11.3 Å². The van der Waals surface area contributed by atoms with Crippen LogP contribution in [-0.4, -0.2) is 60.2 Å². The van der Waals surface area contributed by atoms with Gasteiger partial charge in [0.05, 0.1) is 13.2 Å². The van der Waals surface area contributed by atoms with Crippen LogP contribution in [0.4, 0.5) is 0 Å². The number of rotatable bonds is 3. The molecule has 5 nitrogen and oxygen atoms in total. The van der Waals surface area contributed by atoms with Crippen molar-refractivity contribution in [2.24, 2.45) is 5.41 Å². The SMILES string of the molecule is COc1ccc2cc(CN3CC[C@@H](O)[C@]4(CCCN(C(C)=O)C4)C3)ccc2c1. The van der Waals surface area contributed by atoms with Gasteiger partial charge in [0.15, 0.2) is 0 Å². The van der Waals surface area contributed by atoms with E-state index in [2.05, 4.69) is 35.2 Å². The maximum Gasteiger partial charge on any atom is 0.219 e. The van der Waals surface area contributed by atoms with Gasteiger partial charge in [-0.15, -0.1) is 0 Å². The van der Waals surface area contributed by atoms with Crippen molar-refractivity contribution < 1.29 is 14.6 Å². The molecule has 0 saturated carbocycles. The number of fused-ring (bicyclic) bond motifs is 1. The molecule has 2 fully saturated rings. The number of nitrogens with zero attached hydrogens (tertiary/aromatic N) is 2. The molecule has 0 unspecified atom stereocenters. The van der Waals surface area contributed by atoms with E-state index in [1.54, 1.807) is 14.0 Å². The number of likely N-dealkylation sites (tertiary alicyclic amines) is 2. The average Bonchev–Trinajstić information content (AvgIpc) is 2.70. The Bertz CT molecular complexity index is 868. The Labute approximate surface area is 166 Å². The second-order valence-corrected chi connectivity index (χ2v) is 8.47. The van der Waals surface area contributed by atoms with Crippen molar-refractivity contribution in [1.82, 2.24) is 9.80 Å². The molecule has 2 aromatic rings. The highest BCUT2D eigenvalue weighted by Gasteiger charge is 2.45. The standard InChI is InChI=1S/C23H30N2O3/c1-17(26)25-10-3-9-23(16-25)15-24(11-8-22(23)27)14-18-4-5-20-13-21(28-2)7-6-19(20)12-18/h4-7,12-13,22,27H,3,8-11,14-16H2,1-2H3/t22-,23-/m1/s1. The number of aliphatic hydroxyl groups is 1. The lowest BCUT2D eigenvalue weighted by atomic mass is 9.71. The van der Waals surface area contributed by atoms with Gasteiger partial charge < -0.3 is 14.7 Å². The minimum absolute atomic E-state index is 0.119. The third-order valence-corrected chi connectivity index (χ3v) is 6.54. The van der Waals surface area contributed by atoms with E-state index in [1.807, 2.05) is 11.0 Å². The lowest BCUT2D eigenvalue weighted by Gasteiger charge is -2.51. The number of ether oxygens (including phenoxy) is 1. The molecule has 2 saturated heterocycles. The zero-order valence-electron chi connectivity index (χ0n) is 16.9. The summed E-state index contributed by atoms with van der Waals surface area (Å²) < 4.78 is 5.31. The first-order chi connectivity index (χ1) is 13.5. The summed E-state index contributed by atoms with van der Waals surface area (Å²) in [5.74, 6) is 0.993. The summed E-state index contributed by atoms with van der Waals surface area (Å²) in [7, 11) is 1.69. The molecule has 2 aliphatic heterocycles. The number of carbonyl (C=O) groups is 1. The molecule has 150 valence electrons. The van der Waals surface area contributed by atoms with Gasteiger partial charge in [-0.1, -0.05) is 18.2 Å². The molecule has 1 amide bonds.